The maximum atomic E-state index is 12.1. The molecule has 4 nitrogen and oxygen atoms in total. The summed E-state index contributed by atoms with van der Waals surface area (Å²) in [6.45, 7) is 4.24. The van der Waals surface area contributed by atoms with Crippen LogP contribution in [0.3, 0.4) is 0 Å². The van der Waals surface area contributed by atoms with Crippen molar-refractivity contribution in [3.8, 4) is 0 Å². The van der Waals surface area contributed by atoms with Gasteiger partial charge in [0.1, 0.15) is 0 Å². The van der Waals surface area contributed by atoms with Gasteiger partial charge in [0.2, 0.25) is 0 Å². The second kappa shape index (κ2) is 4.84. The fourth-order valence-electron chi connectivity index (χ4n) is 2.15. The molecule has 96 valence electrons. The van der Waals surface area contributed by atoms with Gasteiger partial charge >= 0.3 is 0 Å². The Hall–Kier alpha value is -0.170. The van der Waals surface area contributed by atoms with Crippen LogP contribution in [0.15, 0.2) is 10.4 Å². The topological polar surface area (TPSA) is 59.1 Å². The van der Waals surface area contributed by atoms with Crippen molar-refractivity contribution in [3.63, 3.8) is 0 Å². The van der Waals surface area contributed by atoms with Gasteiger partial charge in [-0.05, 0) is 24.7 Å². The van der Waals surface area contributed by atoms with Crippen molar-refractivity contribution in [1.82, 2.24) is 9.71 Å². The molecule has 3 atom stereocenters. The molecule has 0 aliphatic heterocycles. The molecule has 0 amide bonds. The Kier molecular flexibility index (Phi) is 3.77. The summed E-state index contributed by atoms with van der Waals surface area (Å²) in [7, 11) is -3.46. The Labute approximate surface area is 110 Å². The van der Waals surface area contributed by atoms with E-state index in [4.69, 9.17) is 11.6 Å². The number of rotatable bonds is 3. The van der Waals surface area contributed by atoms with Crippen LogP contribution in [-0.4, -0.2) is 19.4 Å². The van der Waals surface area contributed by atoms with E-state index in [-0.39, 0.29) is 14.7 Å². The van der Waals surface area contributed by atoms with Crippen LogP contribution in [0, 0.1) is 11.8 Å². The molecule has 1 heterocycles. The summed E-state index contributed by atoms with van der Waals surface area (Å²) in [5.41, 5.74) is 0. The van der Waals surface area contributed by atoms with Crippen molar-refractivity contribution in [3.05, 3.63) is 10.7 Å². The Morgan fingerprint density at radius 1 is 1.47 bits per heavy atom. The van der Waals surface area contributed by atoms with E-state index in [1.807, 2.05) is 0 Å². The predicted octanol–water partition coefficient (Wildman–Crippen LogP) is 2.51. The number of nitrogens with zero attached hydrogens (tertiary/aromatic N) is 1. The molecule has 1 aliphatic rings. The maximum Gasteiger partial charge on any atom is 0.251 e. The minimum Gasteiger partial charge on any atom is -0.232 e. The number of hydrogen-bond acceptors (Lipinski definition) is 4. The highest BCUT2D eigenvalue weighted by atomic mass is 35.5. The lowest BCUT2D eigenvalue weighted by molar-refractivity contribution is 0.402. The zero-order valence-electron chi connectivity index (χ0n) is 9.68. The first-order chi connectivity index (χ1) is 7.90. The first kappa shape index (κ1) is 13.3. The molecule has 0 spiro atoms. The number of hydrogen-bond donors (Lipinski definition) is 1. The zero-order valence-corrected chi connectivity index (χ0v) is 12.1. The molecule has 1 aromatic rings. The molecule has 1 aromatic heterocycles. The van der Waals surface area contributed by atoms with Crippen LogP contribution >= 0.6 is 22.9 Å². The molecule has 1 saturated carbocycles. The van der Waals surface area contributed by atoms with Crippen molar-refractivity contribution in [1.29, 1.82) is 0 Å². The van der Waals surface area contributed by atoms with E-state index in [0.29, 0.717) is 11.8 Å². The molecule has 2 rings (SSSR count). The van der Waals surface area contributed by atoms with E-state index in [0.717, 1.165) is 24.2 Å². The van der Waals surface area contributed by atoms with Crippen molar-refractivity contribution in [2.24, 2.45) is 11.8 Å². The third-order valence-corrected chi connectivity index (χ3v) is 6.56. The van der Waals surface area contributed by atoms with Crippen molar-refractivity contribution < 1.29 is 8.42 Å². The summed E-state index contributed by atoms with van der Waals surface area (Å²) in [4.78, 5) is 3.76. The third kappa shape index (κ3) is 2.81. The minimum absolute atomic E-state index is 0.0240. The van der Waals surface area contributed by atoms with Gasteiger partial charge in [0.05, 0.1) is 6.20 Å². The van der Waals surface area contributed by atoms with E-state index in [9.17, 15) is 8.42 Å². The molecule has 17 heavy (non-hydrogen) atoms. The van der Waals surface area contributed by atoms with Crippen LogP contribution in [0.4, 0.5) is 0 Å². The van der Waals surface area contributed by atoms with E-state index >= 15 is 0 Å². The summed E-state index contributed by atoms with van der Waals surface area (Å²) < 4.78 is 27.3. The normalized spacial score (nSPS) is 29.7. The molecular formula is C10H15ClN2O2S2. The average Bonchev–Trinajstić information content (AvgIpc) is 2.80. The molecule has 1 N–H and O–H groups in total. The summed E-state index contributed by atoms with van der Waals surface area (Å²) in [5.74, 6) is 0.931. The molecule has 1 fully saturated rings. The summed E-state index contributed by atoms with van der Waals surface area (Å²) >= 11 is 6.63. The highest BCUT2D eigenvalue weighted by Gasteiger charge is 2.33. The SMILES string of the molecule is CC1CCC(NS(=O)(=O)c2cnc(Cl)s2)C1C. The monoisotopic (exact) mass is 294 g/mol. The second-order valence-electron chi connectivity index (χ2n) is 4.57. The van der Waals surface area contributed by atoms with Gasteiger partial charge < -0.3 is 0 Å². The molecule has 0 aromatic carbocycles. The van der Waals surface area contributed by atoms with Gasteiger partial charge in [-0.3, -0.25) is 0 Å². The Morgan fingerprint density at radius 2 is 2.18 bits per heavy atom. The predicted molar refractivity (Wildman–Crippen MR) is 68.8 cm³/mol. The quantitative estimate of drug-likeness (QED) is 0.932. The van der Waals surface area contributed by atoms with Crippen molar-refractivity contribution >= 4 is 33.0 Å². The van der Waals surface area contributed by atoms with Crippen molar-refractivity contribution in [2.75, 3.05) is 0 Å². The zero-order chi connectivity index (χ0) is 12.6. The van der Waals surface area contributed by atoms with Crippen LogP contribution in [-0.2, 0) is 10.0 Å². The van der Waals surface area contributed by atoms with E-state index < -0.39 is 10.0 Å². The number of aromatic nitrogens is 1. The summed E-state index contributed by atoms with van der Waals surface area (Å²) in [6, 6.07) is 0.0240. The van der Waals surface area contributed by atoms with Gasteiger partial charge in [0, 0.05) is 6.04 Å². The number of nitrogens with one attached hydrogen (secondary N) is 1. The van der Waals surface area contributed by atoms with Gasteiger partial charge in [-0.15, -0.1) is 0 Å². The highest BCUT2D eigenvalue weighted by Crippen LogP contribution is 2.32. The van der Waals surface area contributed by atoms with Gasteiger partial charge in [-0.25, -0.2) is 18.1 Å². The van der Waals surface area contributed by atoms with Gasteiger partial charge in [0.25, 0.3) is 10.0 Å². The Balaban J connectivity index is 2.13. The fourth-order valence-corrected chi connectivity index (χ4v) is 4.82. The summed E-state index contributed by atoms with van der Waals surface area (Å²) in [5, 5.41) is 0. The molecule has 3 unspecified atom stereocenters. The van der Waals surface area contributed by atoms with Crippen LogP contribution in [0.1, 0.15) is 26.7 Å². The third-order valence-electron chi connectivity index (χ3n) is 3.49. The largest absolute Gasteiger partial charge is 0.251 e. The fraction of sp³-hybridized carbons (Fsp3) is 0.700. The number of thiazole rings is 1. The Bertz CT molecular complexity index is 500. The van der Waals surface area contributed by atoms with Crippen LogP contribution in [0.5, 0.6) is 0 Å². The lowest BCUT2D eigenvalue weighted by Gasteiger charge is -2.18. The maximum absolute atomic E-state index is 12.1. The Morgan fingerprint density at radius 3 is 2.65 bits per heavy atom. The van der Waals surface area contributed by atoms with E-state index in [1.54, 1.807) is 0 Å². The lowest BCUT2D eigenvalue weighted by atomic mass is 9.98. The van der Waals surface area contributed by atoms with Crippen LogP contribution in [0.2, 0.25) is 4.47 Å². The molecule has 1 aliphatic carbocycles. The van der Waals surface area contributed by atoms with E-state index in [1.165, 1.54) is 6.20 Å². The standard InChI is InChI=1S/C10H15ClN2O2S2/c1-6-3-4-8(7(6)2)13-17(14,15)9-5-12-10(11)16-9/h5-8,13H,3-4H2,1-2H3. The molecule has 0 bridgehead atoms. The van der Waals surface area contributed by atoms with Gasteiger partial charge in [-0.2, -0.15) is 0 Å². The average molecular weight is 295 g/mol. The van der Waals surface area contributed by atoms with Crippen molar-refractivity contribution in [2.45, 2.75) is 36.9 Å². The highest BCUT2D eigenvalue weighted by molar-refractivity contribution is 7.91. The first-order valence-electron chi connectivity index (χ1n) is 5.54. The first-order valence-corrected chi connectivity index (χ1v) is 8.21. The lowest BCUT2D eigenvalue weighted by Crippen LogP contribution is -2.36. The molecule has 7 heteroatoms. The second-order valence-corrected chi connectivity index (χ2v) is 8.13. The molecular weight excluding hydrogens is 280 g/mol. The smallest absolute Gasteiger partial charge is 0.232 e. The molecule has 0 saturated heterocycles. The number of sulfonamides is 1. The molecule has 0 radical (unpaired) electrons. The van der Waals surface area contributed by atoms with E-state index in [2.05, 4.69) is 23.6 Å². The summed E-state index contributed by atoms with van der Waals surface area (Å²) in [6.07, 6.45) is 3.27. The van der Waals surface area contributed by atoms with Gasteiger partial charge in [0.15, 0.2) is 8.68 Å². The van der Waals surface area contributed by atoms with Crippen LogP contribution in [0.25, 0.3) is 0 Å². The number of halogens is 1. The van der Waals surface area contributed by atoms with Crippen LogP contribution < -0.4 is 4.72 Å². The minimum atomic E-state index is -3.46. The van der Waals surface area contributed by atoms with Gasteiger partial charge in [-0.1, -0.05) is 36.8 Å².